The van der Waals surface area contributed by atoms with E-state index in [1.165, 1.54) is 10.3 Å². The van der Waals surface area contributed by atoms with Crippen molar-refractivity contribution >= 4 is 27.6 Å². The summed E-state index contributed by atoms with van der Waals surface area (Å²) in [4.78, 5) is 15.2. The molecule has 0 unspecified atom stereocenters. The first-order valence-corrected chi connectivity index (χ1v) is 9.60. The van der Waals surface area contributed by atoms with Gasteiger partial charge in [-0.25, -0.2) is 4.98 Å². The van der Waals surface area contributed by atoms with Gasteiger partial charge in [-0.15, -0.1) is 11.3 Å². The largest absolute Gasteiger partial charge is 0.259 e. The normalized spacial score (nSPS) is 14.4. The molecule has 5 heteroatoms. The molecule has 0 saturated heterocycles. The highest BCUT2D eigenvalue weighted by Gasteiger charge is 2.13. The highest BCUT2D eigenvalue weighted by molar-refractivity contribution is 7.21. The number of fused-ring (bicyclic) bond motifs is 1. The van der Waals surface area contributed by atoms with Crippen molar-refractivity contribution in [1.82, 2.24) is 4.98 Å². The number of aryl methyl sites for hydroxylation is 1. The third kappa shape index (κ3) is 3.88. The minimum absolute atomic E-state index is 0.280. The molecule has 1 aliphatic rings. The van der Waals surface area contributed by atoms with Crippen molar-refractivity contribution in [3.05, 3.63) is 93.2 Å². The van der Waals surface area contributed by atoms with E-state index in [0.29, 0.717) is 12.8 Å². The van der Waals surface area contributed by atoms with E-state index < -0.39 is 0 Å². The van der Waals surface area contributed by atoms with E-state index in [4.69, 9.17) is 4.98 Å². The smallest absolute Gasteiger partial charge is 0.246 e. The highest BCUT2D eigenvalue weighted by atomic mass is 32.1. The Labute approximate surface area is 161 Å². The summed E-state index contributed by atoms with van der Waals surface area (Å²) < 4.78 is 1.21. The van der Waals surface area contributed by atoms with Gasteiger partial charge in [0.1, 0.15) is 5.01 Å². The van der Waals surface area contributed by atoms with Crippen LogP contribution >= 0.6 is 11.3 Å². The number of allylic oxidation sites excluding steroid dienone is 5. The maximum Gasteiger partial charge on any atom is 0.246 e. The van der Waals surface area contributed by atoms with E-state index in [-0.39, 0.29) is 10.6 Å². The van der Waals surface area contributed by atoms with Gasteiger partial charge in [0, 0.05) is 18.1 Å². The molecule has 1 aromatic heterocycles. The summed E-state index contributed by atoms with van der Waals surface area (Å²) >= 11 is 1.71. The minimum Gasteiger partial charge on any atom is -0.259 e. The van der Waals surface area contributed by atoms with E-state index in [2.05, 4.69) is 49.4 Å². The molecule has 0 radical (unpaired) electrons. The molecule has 1 heterocycles. The Kier molecular flexibility index (Phi) is 4.69. The van der Waals surface area contributed by atoms with Gasteiger partial charge in [0.2, 0.25) is 5.70 Å². The zero-order valence-electron chi connectivity index (χ0n) is 14.9. The van der Waals surface area contributed by atoms with Crippen LogP contribution in [0.25, 0.3) is 26.9 Å². The third-order valence-corrected chi connectivity index (χ3v) is 5.65. The average molecular weight is 374 g/mol. The summed E-state index contributed by atoms with van der Waals surface area (Å²) in [5.41, 5.74) is 5.88. The summed E-state index contributed by atoms with van der Waals surface area (Å²) in [6.45, 7) is 2.09. The van der Waals surface area contributed by atoms with Gasteiger partial charge >= 0.3 is 0 Å². The van der Waals surface area contributed by atoms with Crippen LogP contribution in [0.5, 0.6) is 0 Å². The first-order valence-electron chi connectivity index (χ1n) is 8.78. The topological polar surface area (TPSA) is 56.0 Å². The zero-order valence-corrected chi connectivity index (χ0v) is 15.7. The molecule has 0 bridgehead atoms. The second-order valence-corrected chi connectivity index (χ2v) is 7.63. The lowest BCUT2D eigenvalue weighted by Gasteiger charge is -2.05. The fourth-order valence-corrected chi connectivity index (χ4v) is 4.10. The van der Waals surface area contributed by atoms with Crippen molar-refractivity contribution in [2.24, 2.45) is 0 Å². The van der Waals surface area contributed by atoms with Crippen LogP contribution in [0, 0.1) is 17.0 Å². The van der Waals surface area contributed by atoms with E-state index in [9.17, 15) is 10.1 Å². The van der Waals surface area contributed by atoms with E-state index in [1.807, 2.05) is 18.2 Å². The van der Waals surface area contributed by atoms with Gasteiger partial charge in [0.25, 0.3) is 0 Å². The maximum atomic E-state index is 10.7. The Morgan fingerprint density at radius 3 is 2.59 bits per heavy atom. The Morgan fingerprint density at radius 1 is 1.07 bits per heavy atom. The van der Waals surface area contributed by atoms with Crippen LogP contribution < -0.4 is 0 Å². The molecule has 0 saturated carbocycles. The summed E-state index contributed by atoms with van der Waals surface area (Å²) in [5, 5.41) is 11.8. The lowest BCUT2D eigenvalue weighted by atomic mass is 10.0. The number of thiazole rings is 1. The Balaban J connectivity index is 1.51. The number of rotatable bonds is 4. The van der Waals surface area contributed by atoms with Crippen molar-refractivity contribution in [2.75, 3.05) is 0 Å². The molecule has 0 spiro atoms. The van der Waals surface area contributed by atoms with Crippen molar-refractivity contribution in [3.8, 4) is 10.6 Å². The molecular weight excluding hydrogens is 356 g/mol. The van der Waals surface area contributed by atoms with Crippen molar-refractivity contribution in [1.29, 1.82) is 0 Å². The molecule has 4 rings (SSSR count). The molecule has 0 aliphatic heterocycles. The first kappa shape index (κ1) is 17.4. The van der Waals surface area contributed by atoms with Crippen molar-refractivity contribution in [3.63, 3.8) is 0 Å². The lowest BCUT2D eigenvalue weighted by Crippen LogP contribution is -2.01. The number of benzene rings is 2. The fourth-order valence-electron chi connectivity index (χ4n) is 3.03. The van der Waals surface area contributed by atoms with E-state index >= 15 is 0 Å². The molecule has 3 aromatic rings. The summed E-state index contributed by atoms with van der Waals surface area (Å²) in [6, 6.07) is 14.6. The minimum atomic E-state index is -0.306. The zero-order chi connectivity index (χ0) is 18.8. The predicted octanol–water partition coefficient (Wildman–Crippen LogP) is 6.17. The molecule has 4 nitrogen and oxygen atoms in total. The molecule has 134 valence electrons. The van der Waals surface area contributed by atoms with Crippen molar-refractivity contribution < 1.29 is 4.92 Å². The molecule has 0 atom stereocenters. The third-order valence-electron chi connectivity index (χ3n) is 4.59. The van der Waals surface area contributed by atoms with Crippen LogP contribution in [0.15, 0.2) is 72.0 Å². The quantitative estimate of drug-likeness (QED) is 0.405. The monoisotopic (exact) mass is 374 g/mol. The molecule has 1 aliphatic carbocycles. The number of nitrogens with zero attached hydrogens (tertiary/aromatic N) is 2. The Morgan fingerprint density at radius 2 is 1.89 bits per heavy atom. The van der Waals surface area contributed by atoms with Gasteiger partial charge in [0.15, 0.2) is 0 Å². The van der Waals surface area contributed by atoms with Gasteiger partial charge in [-0.2, -0.15) is 0 Å². The van der Waals surface area contributed by atoms with Crippen LogP contribution in [-0.4, -0.2) is 9.91 Å². The average Bonchev–Trinajstić information content (AvgIpc) is 3.10. The van der Waals surface area contributed by atoms with Gasteiger partial charge in [-0.3, -0.25) is 10.1 Å². The van der Waals surface area contributed by atoms with Crippen LogP contribution in [0.3, 0.4) is 0 Å². The molecule has 0 amide bonds. The molecule has 0 N–H and O–H groups in total. The summed E-state index contributed by atoms with van der Waals surface area (Å²) in [7, 11) is 0. The Bertz CT molecular complexity index is 1110. The van der Waals surface area contributed by atoms with Crippen LogP contribution in [0.2, 0.25) is 0 Å². The first-order chi connectivity index (χ1) is 13.1. The van der Waals surface area contributed by atoms with E-state index in [0.717, 1.165) is 27.2 Å². The molecule has 0 fully saturated rings. The number of hydrogen-bond donors (Lipinski definition) is 0. The Hall–Kier alpha value is -3.05. The predicted molar refractivity (Wildman–Crippen MR) is 111 cm³/mol. The van der Waals surface area contributed by atoms with Crippen LogP contribution in [-0.2, 0) is 0 Å². The molecular formula is C22H18N2O2S. The summed E-state index contributed by atoms with van der Waals surface area (Å²) in [6.07, 6.45) is 8.69. The van der Waals surface area contributed by atoms with Gasteiger partial charge in [0.05, 0.1) is 15.1 Å². The fraction of sp³-hybridized carbons (Fsp3) is 0.136. The molecule has 2 aromatic carbocycles. The van der Waals surface area contributed by atoms with Crippen molar-refractivity contribution in [2.45, 2.75) is 19.8 Å². The standard InChI is InChI=1S/C22H18N2O2S/c1-15-2-13-20-21(14-15)27-22(23-20)18-9-5-16(6-10-18)3-4-17-7-11-19(12-8-17)24(25)26/h2-7,9-11,13-14H,8,12H2,1H3/b4-3+. The number of hydrogen-bond acceptors (Lipinski definition) is 4. The second-order valence-electron chi connectivity index (χ2n) is 6.60. The van der Waals surface area contributed by atoms with E-state index in [1.54, 1.807) is 17.4 Å². The number of nitro groups is 1. The second kappa shape index (κ2) is 7.29. The van der Waals surface area contributed by atoms with Crippen LogP contribution in [0.4, 0.5) is 0 Å². The summed E-state index contributed by atoms with van der Waals surface area (Å²) in [5.74, 6) is 0. The maximum absolute atomic E-state index is 10.7. The number of aromatic nitrogens is 1. The highest BCUT2D eigenvalue weighted by Crippen LogP contribution is 2.31. The molecule has 27 heavy (non-hydrogen) atoms. The van der Waals surface area contributed by atoms with Gasteiger partial charge < -0.3 is 0 Å². The SMILES string of the molecule is Cc1ccc2nc(-c3ccc(/C=C/C4=CC=C([N+](=O)[O-])CC4)cc3)sc2c1. The lowest BCUT2D eigenvalue weighted by molar-refractivity contribution is -0.428. The van der Waals surface area contributed by atoms with Gasteiger partial charge in [-0.05, 0) is 42.2 Å². The van der Waals surface area contributed by atoms with Gasteiger partial charge in [-0.1, -0.05) is 48.6 Å². The van der Waals surface area contributed by atoms with Crippen LogP contribution in [0.1, 0.15) is 24.0 Å².